The second-order valence-electron chi connectivity index (χ2n) is 5.62. The molecular weight excluding hydrogens is 272 g/mol. The van der Waals surface area contributed by atoms with E-state index in [1.807, 2.05) is 24.3 Å². The van der Waals surface area contributed by atoms with Crippen LogP contribution in [0.1, 0.15) is 19.4 Å². The van der Waals surface area contributed by atoms with Crippen LogP contribution in [-0.2, 0) is 4.74 Å². The third-order valence-electron chi connectivity index (χ3n) is 3.32. The predicted octanol–water partition coefficient (Wildman–Crippen LogP) is 1.81. The fraction of sp³-hybridized carbons (Fsp3) is 0.533. The molecule has 4 nitrogen and oxygen atoms in total. The van der Waals surface area contributed by atoms with Gasteiger partial charge in [-0.15, -0.1) is 0 Å². The van der Waals surface area contributed by atoms with Gasteiger partial charge in [-0.3, -0.25) is 4.90 Å². The molecule has 20 heavy (non-hydrogen) atoms. The molecule has 2 N–H and O–H groups in total. The SMILES string of the molecule is CC1(C)CN(CCOc2ccc(C(N)=S)cc2)CCO1. The first-order valence-electron chi connectivity index (χ1n) is 6.85. The molecule has 0 radical (unpaired) electrons. The molecule has 0 aromatic heterocycles. The van der Waals surface area contributed by atoms with Crippen LogP contribution < -0.4 is 10.5 Å². The molecule has 0 amide bonds. The Morgan fingerprint density at radius 1 is 1.40 bits per heavy atom. The van der Waals surface area contributed by atoms with Gasteiger partial charge in [0.05, 0.1) is 12.2 Å². The minimum Gasteiger partial charge on any atom is -0.492 e. The second-order valence-corrected chi connectivity index (χ2v) is 6.06. The lowest BCUT2D eigenvalue weighted by Gasteiger charge is -2.38. The summed E-state index contributed by atoms with van der Waals surface area (Å²) in [5.74, 6) is 0.845. The highest BCUT2D eigenvalue weighted by atomic mass is 32.1. The number of nitrogens with two attached hydrogens (primary N) is 1. The van der Waals surface area contributed by atoms with Crippen molar-refractivity contribution in [2.45, 2.75) is 19.4 Å². The topological polar surface area (TPSA) is 47.7 Å². The van der Waals surface area contributed by atoms with E-state index in [0.717, 1.165) is 37.6 Å². The molecule has 0 saturated carbocycles. The van der Waals surface area contributed by atoms with E-state index in [2.05, 4.69) is 18.7 Å². The Balaban J connectivity index is 1.76. The first-order chi connectivity index (χ1) is 9.46. The maximum atomic E-state index is 5.75. The third kappa shape index (κ3) is 4.44. The Kier molecular flexibility index (Phi) is 4.96. The molecule has 1 fully saturated rings. The Morgan fingerprint density at radius 3 is 2.70 bits per heavy atom. The minimum absolute atomic E-state index is 0.0588. The van der Waals surface area contributed by atoms with Crippen LogP contribution in [0.4, 0.5) is 0 Å². The van der Waals surface area contributed by atoms with Crippen molar-refractivity contribution >= 4 is 17.2 Å². The molecule has 2 rings (SSSR count). The van der Waals surface area contributed by atoms with Crippen LogP contribution in [-0.4, -0.2) is 48.3 Å². The van der Waals surface area contributed by atoms with E-state index in [1.165, 1.54) is 0 Å². The molecule has 0 atom stereocenters. The lowest BCUT2D eigenvalue weighted by Crippen LogP contribution is -2.49. The van der Waals surface area contributed by atoms with Crippen molar-refractivity contribution < 1.29 is 9.47 Å². The van der Waals surface area contributed by atoms with Crippen LogP contribution in [0.3, 0.4) is 0 Å². The van der Waals surface area contributed by atoms with Crippen LogP contribution in [0.15, 0.2) is 24.3 Å². The van der Waals surface area contributed by atoms with Crippen LogP contribution in [0, 0.1) is 0 Å². The number of ether oxygens (including phenoxy) is 2. The van der Waals surface area contributed by atoms with Crippen LogP contribution in [0.25, 0.3) is 0 Å². The van der Waals surface area contributed by atoms with Crippen molar-refractivity contribution in [1.29, 1.82) is 0 Å². The average molecular weight is 294 g/mol. The lowest BCUT2D eigenvalue weighted by atomic mass is 10.1. The largest absolute Gasteiger partial charge is 0.492 e. The van der Waals surface area contributed by atoms with Gasteiger partial charge in [0.1, 0.15) is 17.3 Å². The van der Waals surface area contributed by atoms with E-state index in [-0.39, 0.29) is 5.60 Å². The van der Waals surface area contributed by atoms with Gasteiger partial charge in [-0.25, -0.2) is 0 Å². The molecule has 5 heteroatoms. The number of benzene rings is 1. The summed E-state index contributed by atoms with van der Waals surface area (Å²) in [5, 5.41) is 0. The van der Waals surface area contributed by atoms with Crippen molar-refractivity contribution in [3.8, 4) is 5.75 Å². The van der Waals surface area contributed by atoms with Gasteiger partial charge in [0.15, 0.2) is 0 Å². The van der Waals surface area contributed by atoms with E-state index < -0.39 is 0 Å². The zero-order valence-electron chi connectivity index (χ0n) is 12.1. The Morgan fingerprint density at radius 2 is 2.10 bits per heavy atom. The number of hydrogen-bond acceptors (Lipinski definition) is 4. The van der Waals surface area contributed by atoms with Crippen LogP contribution in [0.5, 0.6) is 5.75 Å². The molecule has 1 aliphatic heterocycles. The molecule has 1 aromatic rings. The van der Waals surface area contributed by atoms with Gasteiger partial charge in [-0.05, 0) is 38.1 Å². The molecule has 110 valence electrons. The second kappa shape index (κ2) is 6.52. The van der Waals surface area contributed by atoms with Gasteiger partial charge in [0.25, 0.3) is 0 Å². The maximum absolute atomic E-state index is 5.75. The minimum atomic E-state index is -0.0588. The standard InChI is InChI=1S/C15H22N2O2S/c1-15(2)11-17(8-10-19-15)7-9-18-13-5-3-12(4-6-13)14(16)20/h3-6H,7-11H2,1-2H3,(H2,16,20). The van der Waals surface area contributed by atoms with Crippen molar-refractivity contribution in [2.75, 3.05) is 32.8 Å². The number of thiocarbonyl (C=S) groups is 1. The van der Waals surface area contributed by atoms with E-state index in [4.69, 9.17) is 27.4 Å². The fourth-order valence-corrected chi connectivity index (χ4v) is 2.45. The number of morpholine rings is 1. The van der Waals surface area contributed by atoms with Crippen LogP contribution in [0.2, 0.25) is 0 Å². The highest BCUT2D eigenvalue weighted by molar-refractivity contribution is 7.80. The highest BCUT2D eigenvalue weighted by Gasteiger charge is 2.26. The zero-order chi connectivity index (χ0) is 14.6. The molecule has 0 unspecified atom stereocenters. The van der Waals surface area contributed by atoms with Gasteiger partial charge in [-0.2, -0.15) is 0 Å². The molecule has 1 heterocycles. The molecule has 0 bridgehead atoms. The molecule has 0 spiro atoms. The summed E-state index contributed by atoms with van der Waals surface area (Å²) in [7, 11) is 0. The van der Waals surface area contributed by atoms with Gasteiger partial charge < -0.3 is 15.2 Å². The summed E-state index contributed by atoms with van der Waals surface area (Å²) in [6, 6.07) is 7.57. The summed E-state index contributed by atoms with van der Waals surface area (Å²) in [6.07, 6.45) is 0. The number of hydrogen-bond donors (Lipinski definition) is 1. The first kappa shape index (κ1) is 15.2. The van der Waals surface area contributed by atoms with Gasteiger partial charge in [-0.1, -0.05) is 12.2 Å². The highest BCUT2D eigenvalue weighted by Crippen LogP contribution is 2.16. The number of rotatable bonds is 5. The summed E-state index contributed by atoms with van der Waals surface area (Å²) >= 11 is 4.92. The van der Waals surface area contributed by atoms with Crippen molar-refractivity contribution in [1.82, 2.24) is 4.90 Å². The number of nitrogens with zero attached hydrogens (tertiary/aromatic N) is 1. The van der Waals surface area contributed by atoms with Crippen molar-refractivity contribution in [3.05, 3.63) is 29.8 Å². The van der Waals surface area contributed by atoms with E-state index in [1.54, 1.807) is 0 Å². The van der Waals surface area contributed by atoms with Gasteiger partial charge in [0.2, 0.25) is 0 Å². The van der Waals surface area contributed by atoms with Crippen LogP contribution >= 0.6 is 12.2 Å². The summed E-state index contributed by atoms with van der Waals surface area (Å²) in [6.45, 7) is 8.51. The predicted molar refractivity (Wildman–Crippen MR) is 84.3 cm³/mol. The quantitative estimate of drug-likeness (QED) is 0.839. The smallest absolute Gasteiger partial charge is 0.119 e. The Bertz CT molecular complexity index is 459. The molecule has 1 aliphatic rings. The summed E-state index contributed by atoms with van der Waals surface area (Å²) in [4.78, 5) is 2.78. The van der Waals surface area contributed by atoms with Gasteiger partial charge >= 0.3 is 0 Å². The Labute approximate surface area is 125 Å². The lowest BCUT2D eigenvalue weighted by molar-refractivity contribution is -0.0875. The first-order valence-corrected chi connectivity index (χ1v) is 7.26. The van der Waals surface area contributed by atoms with E-state index in [9.17, 15) is 0 Å². The van der Waals surface area contributed by atoms with Crippen molar-refractivity contribution in [3.63, 3.8) is 0 Å². The third-order valence-corrected chi connectivity index (χ3v) is 3.56. The Hall–Kier alpha value is -1.17. The monoisotopic (exact) mass is 294 g/mol. The average Bonchev–Trinajstić information content (AvgIpc) is 2.38. The van der Waals surface area contributed by atoms with E-state index >= 15 is 0 Å². The summed E-state index contributed by atoms with van der Waals surface area (Å²) in [5.41, 5.74) is 6.36. The molecular formula is C15H22N2O2S. The summed E-state index contributed by atoms with van der Waals surface area (Å²) < 4.78 is 11.4. The van der Waals surface area contributed by atoms with Gasteiger partial charge in [0, 0.05) is 25.2 Å². The maximum Gasteiger partial charge on any atom is 0.119 e. The fourth-order valence-electron chi connectivity index (χ4n) is 2.31. The normalized spacial score (nSPS) is 18.7. The zero-order valence-corrected chi connectivity index (χ0v) is 12.9. The van der Waals surface area contributed by atoms with Crippen molar-refractivity contribution in [2.24, 2.45) is 5.73 Å². The molecule has 1 aromatic carbocycles. The molecule has 1 saturated heterocycles. The van der Waals surface area contributed by atoms with E-state index in [0.29, 0.717) is 11.6 Å². The molecule has 0 aliphatic carbocycles.